The van der Waals surface area contributed by atoms with E-state index in [1.54, 1.807) is 56.9 Å². The summed E-state index contributed by atoms with van der Waals surface area (Å²) < 4.78 is 11.2. The largest absolute Gasteiger partial charge is 0.496 e. The molecule has 2 fully saturated rings. The van der Waals surface area contributed by atoms with Gasteiger partial charge in [-0.1, -0.05) is 41.4 Å². The van der Waals surface area contributed by atoms with Crippen molar-refractivity contribution in [3.63, 3.8) is 0 Å². The number of nitrogens with one attached hydrogen (secondary N) is 3. The van der Waals surface area contributed by atoms with Gasteiger partial charge in [0, 0.05) is 86.0 Å². The highest BCUT2D eigenvalue weighted by molar-refractivity contribution is 6.39. The average molecular weight is 721 g/mol. The number of ether oxygens (including phenoxy) is 2. The lowest BCUT2D eigenvalue weighted by molar-refractivity contribution is -0.119. The van der Waals surface area contributed by atoms with E-state index in [9.17, 15) is 14.7 Å². The molecular formula is C36H39Cl2N7O5. The van der Waals surface area contributed by atoms with Crippen LogP contribution >= 0.6 is 23.2 Å². The summed E-state index contributed by atoms with van der Waals surface area (Å²) in [5, 5.41) is 19.3. The van der Waals surface area contributed by atoms with Crippen LogP contribution in [-0.4, -0.2) is 83.3 Å². The van der Waals surface area contributed by atoms with Gasteiger partial charge in [-0.3, -0.25) is 24.5 Å². The molecule has 1 aromatic carbocycles. The molecule has 0 spiro atoms. The smallest absolute Gasteiger partial charge is 0.274 e. The molecule has 5 heterocycles. The highest BCUT2D eigenvalue weighted by Gasteiger charge is 2.24. The quantitative estimate of drug-likeness (QED) is 0.149. The van der Waals surface area contributed by atoms with Crippen LogP contribution in [0.4, 0.5) is 5.69 Å². The molecule has 2 aliphatic rings. The van der Waals surface area contributed by atoms with Gasteiger partial charge in [0.05, 0.1) is 41.3 Å². The van der Waals surface area contributed by atoms with Crippen LogP contribution in [0, 0.1) is 5.92 Å². The minimum atomic E-state index is -0.456. The Morgan fingerprint density at radius 3 is 2.66 bits per heavy atom. The number of carbonyl (C=O) groups is 2. The molecule has 2 saturated heterocycles. The molecule has 2 amide bonds. The molecule has 3 aromatic heterocycles. The van der Waals surface area contributed by atoms with E-state index >= 15 is 0 Å². The van der Waals surface area contributed by atoms with E-state index < -0.39 is 5.91 Å². The molecule has 262 valence electrons. The maximum atomic E-state index is 13.4. The van der Waals surface area contributed by atoms with Gasteiger partial charge in [-0.05, 0) is 43.5 Å². The second-order valence-electron chi connectivity index (χ2n) is 12.4. The summed E-state index contributed by atoms with van der Waals surface area (Å²) in [7, 11) is 3.12. The van der Waals surface area contributed by atoms with Crippen molar-refractivity contribution < 1.29 is 24.2 Å². The van der Waals surface area contributed by atoms with Gasteiger partial charge >= 0.3 is 0 Å². The maximum Gasteiger partial charge on any atom is 0.274 e. The van der Waals surface area contributed by atoms with Crippen molar-refractivity contribution >= 4 is 40.7 Å². The zero-order valence-corrected chi connectivity index (χ0v) is 29.4. The number of halogens is 2. The van der Waals surface area contributed by atoms with E-state index in [-0.39, 0.29) is 35.2 Å². The van der Waals surface area contributed by atoms with E-state index in [1.807, 2.05) is 12.1 Å². The van der Waals surface area contributed by atoms with Crippen molar-refractivity contribution in [3.8, 4) is 34.1 Å². The number of nitrogens with zero attached hydrogens (tertiary/aromatic N) is 4. The van der Waals surface area contributed by atoms with Crippen molar-refractivity contribution in [1.82, 2.24) is 30.5 Å². The Morgan fingerprint density at radius 2 is 1.92 bits per heavy atom. The van der Waals surface area contributed by atoms with Crippen LogP contribution < -0.4 is 25.4 Å². The van der Waals surface area contributed by atoms with Crippen LogP contribution in [0.3, 0.4) is 0 Å². The monoisotopic (exact) mass is 719 g/mol. The third-order valence-electron chi connectivity index (χ3n) is 9.01. The fraction of sp³-hybridized carbons (Fsp3) is 0.361. The lowest BCUT2D eigenvalue weighted by Crippen LogP contribution is -2.35. The molecule has 0 saturated carbocycles. The number of benzene rings is 1. The zero-order valence-electron chi connectivity index (χ0n) is 27.8. The Hall–Kier alpha value is -4.33. The minimum Gasteiger partial charge on any atom is -0.496 e. The van der Waals surface area contributed by atoms with E-state index in [0.717, 1.165) is 37.1 Å². The van der Waals surface area contributed by atoms with Gasteiger partial charge in [-0.2, -0.15) is 0 Å². The Balaban J connectivity index is 1.17. The third-order valence-corrected chi connectivity index (χ3v) is 9.80. The van der Waals surface area contributed by atoms with Gasteiger partial charge < -0.3 is 30.5 Å². The summed E-state index contributed by atoms with van der Waals surface area (Å²) >= 11 is 13.8. The SMILES string of the molecule is COc1cc(C(=O)Nc2cccc(-c3nccc(-c4ccc(CNC[C@@H]5CCC(=O)N5)c(OC)n4)c3Cl)c2Cl)ncc1CN1CC[C@@H](CO)C1. The van der Waals surface area contributed by atoms with Crippen LogP contribution in [0.2, 0.25) is 10.0 Å². The molecule has 6 rings (SSSR count). The van der Waals surface area contributed by atoms with Crippen molar-refractivity contribution in [1.29, 1.82) is 0 Å². The van der Waals surface area contributed by atoms with Gasteiger partial charge in [0.15, 0.2) is 0 Å². The number of aliphatic hydroxyl groups is 1. The van der Waals surface area contributed by atoms with E-state index in [2.05, 4.69) is 30.8 Å². The lowest BCUT2D eigenvalue weighted by Gasteiger charge is -2.18. The molecule has 12 nitrogen and oxygen atoms in total. The standard InChI is InChI=1S/C36H39Cl2N7O5/c1-49-30-14-29(41-16-23(30)19-45-13-11-21(18-45)20-46)35(48)43-28-5-3-4-26(32(28)37)34-33(38)25(10-12-40-34)27-8-6-22(36(44-27)50-2)15-39-17-24-7-9-31(47)42-24/h3-6,8,10,12,14,16,21,24,39,46H,7,9,11,13,15,17-20H2,1-2H3,(H,42,47)(H,43,48)/t21-,24+/m1/s1. The molecule has 50 heavy (non-hydrogen) atoms. The van der Waals surface area contributed by atoms with Gasteiger partial charge in [0.1, 0.15) is 11.4 Å². The number of hydrogen-bond acceptors (Lipinski definition) is 10. The number of likely N-dealkylation sites (tertiary alicyclic amines) is 1. The van der Waals surface area contributed by atoms with Crippen LogP contribution in [0.25, 0.3) is 22.5 Å². The number of aliphatic hydroxyl groups excluding tert-OH is 1. The van der Waals surface area contributed by atoms with Crippen molar-refractivity contribution in [2.75, 3.05) is 45.8 Å². The summed E-state index contributed by atoms with van der Waals surface area (Å²) in [5.41, 5.74) is 4.42. The summed E-state index contributed by atoms with van der Waals surface area (Å²) in [6.07, 6.45) is 5.59. The fourth-order valence-corrected chi connectivity index (χ4v) is 6.89. The first-order chi connectivity index (χ1) is 24.3. The number of carbonyl (C=O) groups excluding carboxylic acids is 2. The predicted molar refractivity (Wildman–Crippen MR) is 192 cm³/mol. The van der Waals surface area contributed by atoms with Crippen LogP contribution in [0.5, 0.6) is 11.6 Å². The summed E-state index contributed by atoms with van der Waals surface area (Å²) in [6, 6.07) is 12.5. The number of aromatic nitrogens is 3. The molecule has 0 unspecified atom stereocenters. The van der Waals surface area contributed by atoms with Gasteiger partial charge in [-0.15, -0.1) is 0 Å². The Labute approximate surface area is 300 Å². The van der Waals surface area contributed by atoms with Gasteiger partial charge in [0.2, 0.25) is 11.8 Å². The normalized spacial score (nSPS) is 17.5. The zero-order chi connectivity index (χ0) is 35.2. The van der Waals surface area contributed by atoms with Crippen LogP contribution in [-0.2, 0) is 17.9 Å². The maximum absolute atomic E-state index is 13.4. The lowest BCUT2D eigenvalue weighted by atomic mass is 10.1. The summed E-state index contributed by atoms with van der Waals surface area (Å²) in [6.45, 7) is 3.64. The first-order valence-corrected chi connectivity index (χ1v) is 17.2. The first kappa shape index (κ1) is 35.5. The Bertz CT molecular complexity index is 1880. The second kappa shape index (κ2) is 16.1. The first-order valence-electron chi connectivity index (χ1n) is 16.4. The van der Waals surface area contributed by atoms with Crippen LogP contribution in [0.1, 0.15) is 40.9 Å². The summed E-state index contributed by atoms with van der Waals surface area (Å²) in [4.78, 5) is 40.7. The molecule has 2 atom stereocenters. The van der Waals surface area contributed by atoms with E-state index in [4.69, 9.17) is 37.7 Å². The van der Waals surface area contributed by atoms with E-state index in [1.165, 1.54) is 0 Å². The second-order valence-corrected chi connectivity index (χ2v) is 13.2. The minimum absolute atomic E-state index is 0.0819. The molecule has 0 radical (unpaired) electrons. The molecular weight excluding hydrogens is 681 g/mol. The van der Waals surface area contributed by atoms with Gasteiger partial charge in [0.25, 0.3) is 5.91 Å². The molecule has 2 aliphatic heterocycles. The Morgan fingerprint density at radius 1 is 1.06 bits per heavy atom. The highest BCUT2D eigenvalue weighted by Crippen LogP contribution is 2.40. The van der Waals surface area contributed by atoms with Crippen LogP contribution in [0.15, 0.2) is 54.9 Å². The highest BCUT2D eigenvalue weighted by atomic mass is 35.5. The average Bonchev–Trinajstić information content (AvgIpc) is 3.77. The van der Waals surface area contributed by atoms with Crippen molar-refractivity contribution in [3.05, 3.63) is 81.7 Å². The number of amides is 2. The van der Waals surface area contributed by atoms with Crippen molar-refractivity contribution in [2.24, 2.45) is 5.92 Å². The van der Waals surface area contributed by atoms with Crippen molar-refractivity contribution in [2.45, 2.75) is 38.4 Å². The molecule has 4 N–H and O–H groups in total. The number of anilines is 1. The molecule has 0 bridgehead atoms. The fourth-order valence-electron chi connectivity index (χ4n) is 6.31. The number of hydrogen-bond donors (Lipinski definition) is 4. The molecule has 14 heteroatoms. The summed E-state index contributed by atoms with van der Waals surface area (Å²) in [5.74, 6) is 0.901. The Kier molecular flexibility index (Phi) is 11.5. The third kappa shape index (κ3) is 8.00. The molecule has 4 aromatic rings. The van der Waals surface area contributed by atoms with E-state index in [0.29, 0.717) is 70.9 Å². The van der Waals surface area contributed by atoms with Gasteiger partial charge in [-0.25, -0.2) is 4.98 Å². The number of rotatable bonds is 13. The topological polar surface area (TPSA) is 151 Å². The number of pyridine rings is 3. The predicted octanol–water partition coefficient (Wildman–Crippen LogP) is 4.96. The number of methoxy groups -OCH3 is 2. The molecule has 0 aliphatic carbocycles.